The third-order valence-corrected chi connectivity index (χ3v) is 4.35. The van der Waals surface area contributed by atoms with Crippen LogP contribution in [0, 0.1) is 12.8 Å². The number of carbonyl (C=O) groups is 1. The molecule has 1 saturated heterocycles. The van der Waals surface area contributed by atoms with Crippen LogP contribution in [0.5, 0.6) is 0 Å². The van der Waals surface area contributed by atoms with Crippen LogP contribution in [-0.2, 0) is 4.74 Å². The third kappa shape index (κ3) is 4.12. The zero-order chi connectivity index (χ0) is 16.1. The molecule has 1 amide bonds. The number of ether oxygens (including phenoxy) is 1. The first-order chi connectivity index (χ1) is 10.5. The van der Waals surface area contributed by atoms with Gasteiger partial charge in [-0.25, -0.2) is 4.79 Å². The second-order valence-electron chi connectivity index (χ2n) is 5.71. The molecule has 1 fully saturated rings. The number of halogens is 1. The molecule has 1 aliphatic heterocycles. The van der Waals surface area contributed by atoms with Gasteiger partial charge in [0, 0.05) is 30.6 Å². The van der Waals surface area contributed by atoms with Crippen LogP contribution < -0.4 is 5.73 Å². The Kier molecular flexibility index (Phi) is 6.06. The standard InChI is InChI=1S/C16H23ClN2O3/c1-11-4-5-13(17)9-14(11)15(22-8-6-18)12-3-2-7-19(10-12)16(20)21/h4-5,9,12,15H,2-3,6-8,10,18H2,1H3,(H,20,21)/t12-,15-/m1/s1. The number of amides is 1. The monoisotopic (exact) mass is 326 g/mol. The van der Waals surface area contributed by atoms with E-state index in [1.54, 1.807) is 0 Å². The van der Waals surface area contributed by atoms with Gasteiger partial charge in [-0.2, -0.15) is 0 Å². The molecule has 2 rings (SSSR count). The summed E-state index contributed by atoms with van der Waals surface area (Å²) in [5.41, 5.74) is 7.69. The van der Waals surface area contributed by atoms with Gasteiger partial charge < -0.3 is 20.5 Å². The minimum atomic E-state index is -0.870. The number of nitrogens with zero attached hydrogens (tertiary/aromatic N) is 1. The quantitative estimate of drug-likeness (QED) is 0.872. The van der Waals surface area contributed by atoms with E-state index in [1.807, 2.05) is 25.1 Å². The van der Waals surface area contributed by atoms with Gasteiger partial charge in [-0.1, -0.05) is 17.7 Å². The summed E-state index contributed by atoms with van der Waals surface area (Å²) in [5, 5.41) is 9.89. The highest BCUT2D eigenvalue weighted by Crippen LogP contribution is 2.35. The topological polar surface area (TPSA) is 75.8 Å². The van der Waals surface area contributed by atoms with Crippen LogP contribution in [0.25, 0.3) is 0 Å². The van der Waals surface area contributed by atoms with E-state index in [1.165, 1.54) is 4.90 Å². The van der Waals surface area contributed by atoms with Gasteiger partial charge in [-0.05, 0) is 43.0 Å². The van der Waals surface area contributed by atoms with Crippen molar-refractivity contribution in [1.29, 1.82) is 0 Å². The lowest BCUT2D eigenvalue weighted by Gasteiger charge is -2.36. The Morgan fingerprint density at radius 3 is 3.05 bits per heavy atom. The smallest absolute Gasteiger partial charge is 0.407 e. The Labute approximate surface area is 136 Å². The predicted molar refractivity (Wildman–Crippen MR) is 86.3 cm³/mol. The van der Waals surface area contributed by atoms with Gasteiger partial charge in [0.05, 0.1) is 12.7 Å². The lowest BCUT2D eigenvalue weighted by atomic mass is 9.87. The first-order valence-electron chi connectivity index (χ1n) is 7.58. The summed E-state index contributed by atoms with van der Waals surface area (Å²) >= 11 is 6.13. The van der Waals surface area contributed by atoms with E-state index in [0.717, 1.165) is 24.0 Å². The maximum Gasteiger partial charge on any atom is 0.407 e. The van der Waals surface area contributed by atoms with Crippen LogP contribution in [0.3, 0.4) is 0 Å². The summed E-state index contributed by atoms with van der Waals surface area (Å²) in [6, 6.07) is 5.73. The van der Waals surface area contributed by atoms with Crippen molar-refractivity contribution in [3.63, 3.8) is 0 Å². The normalized spacial score (nSPS) is 20.0. The van der Waals surface area contributed by atoms with E-state index in [0.29, 0.717) is 31.3 Å². The molecular formula is C16H23ClN2O3. The second-order valence-corrected chi connectivity index (χ2v) is 6.15. The molecule has 3 N–H and O–H groups in total. The van der Waals surface area contributed by atoms with Crippen LogP contribution >= 0.6 is 11.6 Å². The average Bonchev–Trinajstić information content (AvgIpc) is 2.51. The largest absolute Gasteiger partial charge is 0.465 e. The number of piperidine rings is 1. The Morgan fingerprint density at radius 1 is 1.59 bits per heavy atom. The summed E-state index contributed by atoms with van der Waals surface area (Å²) in [6.07, 6.45) is 0.735. The molecule has 0 aliphatic carbocycles. The molecule has 0 spiro atoms. The number of nitrogens with two attached hydrogens (primary N) is 1. The Balaban J connectivity index is 2.25. The number of rotatable bonds is 5. The number of hydrogen-bond acceptors (Lipinski definition) is 3. The molecule has 122 valence electrons. The average molecular weight is 327 g/mol. The molecule has 0 saturated carbocycles. The lowest BCUT2D eigenvalue weighted by Crippen LogP contribution is -2.41. The van der Waals surface area contributed by atoms with Gasteiger partial charge in [0.15, 0.2) is 0 Å². The lowest BCUT2D eigenvalue weighted by molar-refractivity contribution is -0.0101. The molecule has 1 aromatic carbocycles. The molecule has 6 heteroatoms. The molecule has 1 heterocycles. The number of carboxylic acid groups (broad SMARTS) is 1. The molecule has 0 bridgehead atoms. The van der Waals surface area contributed by atoms with E-state index < -0.39 is 6.09 Å². The van der Waals surface area contributed by atoms with Crippen molar-refractivity contribution in [2.75, 3.05) is 26.2 Å². The summed E-state index contributed by atoms with van der Waals surface area (Å²) in [7, 11) is 0. The molecule has 2 atom stereocenters. The Bertz CT molecular complexity index is 524. The molecular weight excluding hydrogens is 304 g/mol. The van der Waals surface area contributed by atoms with Crippen molar-refractivity contribution in [3.8, 4) is 0 Å². The van der Waals surface area contributed by atoms with Crippen molar-refractivity contribution in [2.45, 2.75) is 25.9 Å². The molecule has 5 nitrogen and oxygen atoms in total. The molecule has 22 heavy (non-hydrogen) atoms. The van der Waals surface area contributed by atoms with Crippen LogP contribution in [-0.4, -0.2) is 42.3 Å². The molecule has 1 aliphatic rings. The first-order valence-corrected chi connectivity index (χ1v) is 7.96. The Hall–Kier alpha value is -1.30. The zero-order valence-electron chi connectivity index (χ0n) is 12.8. The van der Waals surface area contributed by atoms with E-state index in [2.05, 4.69) is 0 Å². The second kappa shape index (κ2) is 7.81. The van der Waals surface area contributed by atoms with E-state index in [4.69, 9.17) is 22.1 Å². The van der Waals surface area contributed by atoms with E-state index in [-0.39, 0.29) is 12.0 Å². The first kappa shape index (κ1) is 17.1. The molecule has 0 radical (unpaired) electrons. The number of likely N-dealkylation sites (tertiary alicyclic amines) is 1. The third-order valence-electron chi connectivity index (χ3n) is 4.12. The van der Waals surface area contributed by atoms with Crippen LogP contribution in [0.1, 0.15) is 30.1 Å². The summed E-state index contributed by atoms with van der Waals surface area (Å²) in [6.45, 7) is 3.97. The van der Waals surface area contributed by atoms with Crippen molar-refractivity contribution < 1.29 is 14.6 Å². The summed E-state index contributed by atoms with van der Waals surface area (Å²) < 4.78 is 5.98. The van der Waals surface area contributed by atoms with E-state index >= 15 is 0 Å². The number of benzene rings is 1. The predicted octanol–water partition coefficient (Wildman–Crippen LogP) is 3.05. The van der Waals surface area contributed by atoms with Gasteiger partial charge in [0.2, 0.25) is 0 Å². The van der Waals surface area contributed by atoms with Crippen LogP contribution in [0.15, 0.2) is 18.2 Å². The molecule has 0 aromatic heterocycles. The maximum absolute atomic E-state index is 11.2. The minimum absolute atomic E-state index is 0.119. The van der Waals surface area contributed by atoms with Crippen molar-refractivity contribution in [3.05, 3.63) is 34.3 Å². The zero-order valence-corrected chi connectivity index (χ0v) is 13.6. The van der Waals surface area contributed by atoms with Crippen molar-refractivity contribution >= 4 is 17.7 Å². The fourth-order valence-corrected chi connectivity index (χ4v) is 3.20. The van der Waals surface area contributed by atoms with Gasteiger partial charge in [0.25, 0.3) is 0 Å². The van der Waals surface area contributed by atoms with Gasteiger partial charge in [0.1, 0.15) is 0 Å². The van der Waals surface area contributed by atoms with Gasteiger partial charge >= 0.3 is 6.09 Å². The minimum Gasteiger partial charge on any atom is -0.465 e. The number of hydrogen-bond donors (Lipinski definition) is 2. The molecule has 0 unspecified atom stereocenters. The highest BCUT2D eigenvalue weighted by atomic mass is 35.5. The molecule has 1 aromatic rings. The Morgan fingerprint density at radius 2 is 2.36 bits per heavy atom. The van der Waals surface area contributed by atoms with Gasteiger partial charge in [-0.15, -0.1) is 0 Å². The fourth-order valence-electron chi connectivity index (χ4n) is 3.02. The van der Waals surface area contributed by atoms with Crippen molar-refractivity contribution in [1.82, 2.24) is 4.90 Å². The highest BCUT2D eigenvalue weighted by Gasteiger charge is 2.31. The number of aryl methyl sites for hydroxylation is 1. The maximum atomic E-state index is 11.2. The van der Waals surface area contributed by atoms with E-state index in [9.17, 15) is 9.90 Å². The SMILES string of the molecule is Cc1ccc(Cl)cc1[C@H](OCCN)[C@@H]1CCCN(C(=O)O)C1. The van der Waals surface area contributed by atoms with Gasteiger partial charge in [-0.3, -0.25) is 0 Å². The summed E-state index contributed by atoms with van der Waals surface area (Å²) in [5.74, 6) is 0.119. The summed E-state index contributed by atoms with van der Waals surface area (Å²) in [4.78, 5) is 12.7. The fraction of sp³-hybridized carbons (Fsp3) is 0.562. The highest BCUT2D eigenvalue weighted by molar-refractivity contribution is 6.30. The van der Waals surface area contributed by atoms with Crippen LogP contribution in [0.2, 0.25) is 5.02 Å². The van der Waals surface area contributed by atoms with Crippen molar-refractivity contribution in [2.24, 2.45) is 11.7 Å². The van der Waals surface area contributed by atoms with Crippen LogP contribution in [0.4, 0.5) is 4.79 Å².